The smallest absolute Gasteiger partial charge is 0.253 e. The van der Waals surface area contributed by atoms with Gasteiger partial charge in [-0.15, -0.1) is 0 Å². The molecule has 25 heavy (non-hydrogen) atoms. The minimum absolute atomic E-state index is 0.354. The Labute approximate surface area is 148 Å². The number of benzene rings is 1. The number of hydrogen-bond donors (Lipinski definition) is 2. The lowest BCUT2D eigenvalue weighted by Gasteiger charge is -2.31. The van der Waals surface area contributed by atoms with Crippen LogP contribution in [-0.2, 0) is 11.3 Å². The van der Waals surface area contributed by atoms with E-state index in [4.69, 9.17) is 0 Å². The van der Waals surface area contributed by atoms with Crippen LogP contribution in [0.3, 0.4) is 0 Å². The third-order valence-corrected chi connectivity index (χ3v) is 4.75. The quantitative estimate of drug-likeness (QED) is 0.879. The van der Waals surface area contributed by atoms with E-state index < -0.39 is 12.0 Å². The Morgan fingerprint density at radius 1 is 1.24 bits per heavy atom. The van der Waals surface area contributed by atoms with Crippen molar-refractivity contribution in [2.45, 2.75) is 32.4 Å². The van der Waals surface area contributed by atoms with Gasteiger partial charge in [-0.2, -0.15) is 0 Å². The molecule has 0 saturated carbocycles. The van der Waals surface area contributed by atoms with Gasteiger partial charge in [0.25, 0.3) is 5.91 Å². The van der Waals surface area contributed by atoms with Crippen molar-refractivity contribution >= 4 is 11.7 Å². The molecular formula is C20H25N3O2. The first-order valence-corrected chi connectivity index (χ1v) is 8.84. The molecule has 2 aromatic rings. The van der Waals surface area contributed by atoms with E-state index in [9.17, 15) is 9.90 Å². The topological polar surface area (TPSA) is 65.5 Å². The van der Waals surface area contributed by atoms with Crippen LogP contribution in [0.4, 0.5) is 5.82 Å². The molecule has 1 atom stereocenters. The second-order valence-corrected chi connectivity index (χ2v) is 6.73. The number of nitrogens with one attached hydrogen (secondary N) is 1. The summed E-state index contributed by atoms with van der Waals surface area (Å²) in [5, 5.41) is 12.8. The molecule has 1 saturated heterocycles. The summed E-state index contributed by atoms with van der Waals surface area (Å²) in [6.45, 7) is 4.74. The third-order valence-electron chi connectivity index (χ3n) is 4.75. The fourth-order valence-corrected chi connectivity index (χ4v) is 3.02. The van der Waals surface area contributed by atoms with E-state index in [2.05, 4.69) is 22.1 Å². The fourth-order valence-electron chi connectivity index (χ4n) is 3.02. The Hall–Kier alpha value is -2.40. The number of aliphatic hydroxyl groups excluding tert-OH is 1. The van der Waals surface area contributed by atoms with Gasteiger partial charge in [-0.05, 0) is 36.0 Å². The summed E-state index contributed by atoms with van der Waals surface area (Å²) >= 11 is 0. The molecule has 0 aliphatic carbocycles. The first-order valence-electron chi connectivity index (χ1n) is 8.84. The van der Waals surface area contributed by atoms with Crippen LogP contribution in [0.15, 0.2) is 48.7 Å². The third kappa shape index (κ3) is 4.57. The average molecular weight is 339 g/mol. The number of aromatic nitrogens is 1. The zero-order chi connectivity index (χ0) is 17.6. The molecule has 1 aromatic heterocycles. The molecule has 2 heterocycles. The maximum absolute atomic E-state index is 12.1. The van der Waals surface area contributed by atoms with Crippen LogP contribution in [0.5, 0.6) is 0 Å². The van der Waals surface area contributed by atoms with Gasteiger partial charge in [-0.3, -0.25) is 4.79 Å². The van der Waals surface area contributed by atoms with Crippen molar-refractivity contribution in [3.63, 3.8) is 0 Å². The minimum atomic E-state index is -1.15. The van der Waals surface area contributed by atoms with Gasteiger partial charge in [-0.1, -0.05) is 43.3 Å². The molecule has 0 bridgehead atoms. The van der Waals surface area contributed by atoms with Crippen molar-refractivity contribution in [1.82, 2.24) is 10.3 Å². The second-order valence-electron chi connectivity index (χ2n) is 6.73. The van der Waals surface area contributed by atoms with E-state index in [1.165, 1.54) is 12.8 Å². The Balaban J connectivity index is 1.52. The van der Waals surface area contributed by atoms with E-state index >= 15 is 0 Å². The Bertz CT molecular complexity index is 680. The number of carbonyl (C=O) groups is 1. The molecule has 0 radical (unpaired) electrons. The van der Waals surface area contributed by atoms with Crippen molar-refractivity contribution in [3.8, 4) is 0 Å². The van der Waals surface area contributed by atoms with E-state index in [-0.39, 0.29) is 0 Å². The van der Waals surface area contributed by atoms with Gasteiger partial charge >= 0.3 is 0 Å². The molecule has 5 nitrogen and oxygen atoms in total. The van der Waals surface area contributed by atoms with Crippen molar-refractivity contribution in [2.75, 3.05) is 18.0 Å². The maximum atomic E-state index is 12.1. The van der Waals surface area contributed by atoms with Gasteiger partial charge in [0.05, 0.1) is 0 Å². The SMILES string of the molecule is CC1CCN(c2ccc(CNC(=O)C(O)c3ccccc3)cn2)CC1. The highest BCUT2D eigenvalue weighted by molar-refractivity contribution is 5.81. The Morgan fingerprint density at radius 2 is 1.96 bits per heavy atom. The number of carbonyl (C=O) groups excluding carboxylic acids is 1. The average Bonchev–Trinajstić information content (AvgIpc) is 2.67. The lowest BCUT2D eigenvalue weighted by Crippen LogP contribution is -2.33. The number of hydrogen-bond acceptors (Lipinski definition) is 4. The van der Waals surface area contributed by atoms with Gasteiger partial charge in [-0.25, -0.2) is 4.98 Å². The number of pyridine rings is 1. The number of rotatable bonds is 5. The lowest BCUT2D eigenvalue weighted by atomic mass is 9.99. The van der Waals surface area contributed by atoms with Crippen LogP contribution in [0.1, 0.15) is 37.0 Å². The summed E-state index contributed by atoms with van der Waals surface area (Å²) in [6.07, 6.45) is 3.06. The van der Waals surface area contributed by atoms with Gasteiger partial charge < -0.3 is 15.3 Å². The van der Waals surface area contributed by atoms with E-state index in [1.54, 1.807) is 30.5 Å². The molecular weight excluding hydrogens is 314 g/mol. The van der Waals surface area contributed by atoms with Gasteiger partial charge in [0, 0.05) is 25.8 Å². The molecule has 2 N–H and O–H groups in total. The summed E-state index contributed by atoms with van der Waals surface area (Å²) in [7, 11) is 0. The van der Waals surface area contributed by atoms with Crippen LogP contribution in [0.2, 0.25) is 0 Å². The van der Waals surface area contributed by atoms with Crippen molar-refractivity contribution in [1.29, 1.82) is 0 Å². The second kappa shape index (κ2) is 8.12. The predicted molar refractivity (Wildman–Crippen MR) is 98.1 cm³/mol. The van der Waals surface area contributed by atoms with Crippen molar-refractivity contribution in [2.24, 2.45) is 5.92 Å². The number of anilines is 1. The largest absolute Gasteiger partial charge is 0.378 e. The molecule has 132 valence electrons. The molecule has 1 aliphatic heterocycles. The zero-order valence-electron chi connectivity index (χ0n) is 14.6. The van der Waals surface area contributed by atoms with Crippen molar-refractivity contribution < 1.29 is 9.90 Å². The highest BCUT2D eigenvalue weighted by Gasteiger charge is 2.18. The van der Waals surface area contributed by atoms with Gasteiger partial charge in [0.15, 0.2) is 6.10 Å². The minimum Gasteiger partial charge on any atom is -0.378 e. The van der Waals surface area contributed by atoms with Crippen LogP contribution in [-0.4, -0.2) is 29.1 Å². The molecule has 1 unspecified atom stereocenters. The Kier molecular flexibility index (Phi) is 5.66. The van der Waals surface area contributed by atoms with E-state index in [0.29, 0.717) is 12.1 Å². The lowest BCUT2D eigenvalue weighted by molar-refractivity contribution is -0.129. The van der Waals surface area contributed by atoms with Gasteiger partial charge in [0.1, 0.15) is 5.82 Å². The molecule has 1 aliphatic rings. The van der Waals surface area contributed by atoms with Crippen LogP contribution in [0.25, 0.3) is 0 Å². The standard InChI is InChI=1S/C20H25N3O2/c1-15-9-11-23(12-10-15)18-8-7-16(13-21-18)14-22-20(25)19(24)17-5-3-2-4-6-17/h2-8,13,15,19,24H,9-12,14H2,1H3,(H,22,25). The molecule has 5 heteroatoms. The Morgan fingerprint density at radius 3 is 2.60 bits per heavy atom. The van der Waals surface area contributed by atoms with E-state index in [1.807, 2.05) is 18.2 Å². The molecule has 3 rings (SSSR count). The van der Waals surface area contributed by atoms with Crippen LogP contribution >= 0.6 is 0 Å². The first-order chi connectivity index (χ1) is 12.1. The summed E-state index contributed by atoms with van der Waals surface area (Å²) in [6, 6.07) is 12.9. The zero-order valence-corrected chi connectivity index (χ0v) is 14.6. The summed E-state index contributed by atoms with van der Waals surface area (Å²) in [5.74, 6) is 1.38. The first kappa shape index (κ1) is 17.4. The number of nitrogens with zero attached hydrogens (tertiary/aromatic N) is 2. The molecule has 1 fully saturated rings. The maximum Gasteiger partial charge on any atom is 0.253 e. The van der Waals surface area contributed by atoms with Crippen LogP contribution in [0, 0.1) is 5.92 Å². The van der Waals surface area contributed by atoms with Crippen molar-refractivity contribution in [3.05, 3.63) is 59.8 Å². The highest BCUT2D eigenvalue weighted by Crippen LogP contribution is 2.21. The van der Waals surface area contributed by atoms with E-state index in [0.717, 1.165) is 30.4 Å². The molecule has 1 amide bonds. The number of amides is 1. The summed E-state index contributed by atoms with van der Waals surface area (Å²) < 4.78 is 0. The molecule has 1 aromatic carbocycles. The normalized spacial score (nSPS) is 16.5. The predicted octanol–water partition coefficient (Wildman–Crippen LogP) is 2.67. The molecule has 0 spiro atoms. The number of aliphatic hydroxyl groups is 1. The highest BCUT2D eigenvalue weighted by atomic mass is 16.3. The summed E-state index contributed by atoms with van der Waals surface area (Å²) in [5.41, 5.74) is 1.51. The van der Waals surface area contributed by atoms with Crippen LogP contribution < -0.4 is 10.2 Å². The van der Waals surface area contributed by atoms with Gasteiger partial charge in [0.2, 0.25) is 0 Å². The summed E-state index contributed by atoms with van der Waals surface area (Å²) in [4.78, 5) is 18.9. The fraction of sp³-hybridized carbons (Fsp3) is 0.400. The monoisotopic (exact) mass is 339 g/mol. The number of piperidine rings is 1.